The molecule has 90 valence electrons. The first-order valence-corrected chi connectivity index (χ1v) is 6.55. The third-order valence-corrected chi connectivity index (χ3v) is 3.74. The van der Waals surface area contributed by atoms with Crippen LogP contribution >= 0.6 is 11.3 Å². The molecule has 18 heavy (non-hydrogen) atoms. The van der Waals surface area contributed by atoms with Gasteiger partial charge in [0.2, 0.25) is 0 Å². The lowest BCUT2D eigenvalue weighted by Gasteiger charge is -2.07. The molecule has 0 atom stereocenters. The molecule has 0 fully saturated rings. The van der Waals surface area contributed by atoms with Crippen molar-refractivity contribution in [2.24, 2.45) is 0 Å². The normalized spacial score (nSPS) is 10.7. The number of fused-ring (bicyclic) bond motifs is 1. The van der Waals surface area contributed by atoms with E-state index in [0.29, 0.717) is 0 Å². The molecule has 1 N–H and O–H groups in total. The van der Waals surface area contributed by atoms with Gasteiger partial charge in [-0.25, -0.2) is 15.0 Å². The highest BCUT2D eigenvalue weighted by molar-refractivity contribution is 7.09. The lowest BCUT2D eigenvalue weighted by molar-refractivity contribution is 1.09. The maximum atomic E-state index is 4.30. The summed E-state index contributed by atoms with van der Waals surface area (Å²) in [5, 5.41) is 4.39. The molecule has 3 rings (SSSR count). The van der Waals surface area contributed by atoms with Crippen LogP contribution in [0, 0.1) is 6.92 Å². The maximum absolute atomic E-state index is 4.30. The predicted molar refractivity (Wildman–Crippen MR) is 73.7 cm³/mol. The molecule has 0 aliphatic carbocycles. The van der Waals surface area contributed by atoms with Crippen molar-refractivity contribution in [1.82, 2.24) is 15.0 Å². The van der Waals surface area contributed by atoms with Crippen LogP contribution in [0.4, 0.5) is 5.82 Å². The van der Waals surface area contributed by atoms with Crippen molar-refractivity contribution in [1.29, 1.82) is 0 Å². The van der Waals surface area contributed by atoms with Crippen LogP contribution in [0.2, 0.25) is 0 Å². The molecule has 1 aromatic carbocycles. The summed E-state index contributed by atoms with van der Waals surface area (Å²) in [5.41, 5.74) is 3.90. The van der Waals surface area contributed by atoms with E-state index in [1.807, 2.05) is 36.7 Å². The molecular formula is C13H12N4S. The van der Waals surface area contributed by atoms with E-state index < -0.39 is 0 Å². The highest BCUT2D eigenvalue weighted by Crippen LogP contribution is 2.20. The predicted octanol–water partition coefficient (Wildman–Crippen LogP) is 3.01. The molecule has 0 radical (unpaired) electrons. The summed E-state index contributed by atoms with van der Waals surface area (Å²) in [6, 6.07) is 7.98. The van der Waals surface area contributed by atoms with E-state index in [1.54, 1.807) is 17.7 Å². The van der Waals surface area contributed by atoms with Crippen molar-refractivity contribution in [2.75, 3.05) is 5.32 Å². The molecule has 0 aliphatic heterocycles. The Balaban J connectivity index is 1.89. The Kier molecular flexibility index (Phi) is 2.90. The summed E-state index contributed by atoms with van der Waals surface area (Å²) in [4.78, 5) is 14.0. The molecule has 2 aromatic heterocycles. The fourth-order valence-corrected chi connectivity index (χ4v) is 2.52. The lowest BCUT2D eigenvalue weighted by Crippen LogP contribution is -2.02. The SMILES string of the molecule is Cc1ncsc1CNc1ncnc2ccccc12. The lowest BCUT2D eigenvalue weighted by atomic mass is 10.2. The zero-order chi connectivity index (χ0) is 12.4. The van der Waals surface area contributed by atoms with Gasteiger partial charge in [0.1, 0.15) is 12.1 Å². The van der Waals surface area contributed by atoms with Gasteiger partial charge in [0, 0.05) is 10.3 Å². The Bertz CT molecular complexity index is 672. The van der Waals surface area contributed by atoms with Crippen molar-refractivity contribution < 1.29 is 0 Å². The highest BCUT2D eigenvalue weighted by atomic mass is 32.1. The number of aryl methyl sites for hydroxylation is 1. The van der Waals surface area contributed by atoms with Crippen LogP contribution in [0.15, 0.2) is 36.1 Å². The van der Waals surface area contributed by atoms with Crippen LogP contribution in [-0.2, 0) is 6.54 Å². The van der Waals surface area contributed by atoms with Crippen molar-refractivity contribution in [3.8, 4) is 0 Å². The summed E-state index contributed by atoms with van der Waals surface area (Å²) < 4.78 is 0. The molecule has 0 saturated carbocycles. The zero-order valence-corrected chi connectivity index (χ0v) is 10.7. The third-order valence-electron chi connectivity index (χ3n) is 2.80. The summed E-state index contributed by atoms with van der Waals surface area (Å²) in [6.07, 6.45) is 1.59. The van der Waals surface area contributed by atoms with E-state index in [1.165, 1.54) is 4.88 Å². The van der Waals surface area contributed by atoms with Gasteiger partial charge in [-0.2, -0.15) is 0 Å². The van der Waals surface area contributed by atoms with E-state index in [9.17, 15) is 0 Å². The molecule has 0 spiro atoms. The fourth-order valence-electron chi connectivity index (χ4n) is 1.81. The molecule has 0 saturated heterocycles. The van der Waals surface area contributed by atoms with Crippen LogP contribution in [0.3, 0.4) is 0 Å². The average Bonchev–Trinajstić information content (AvgIpc) is 2.82. The number of nitrogens with zero attached hydrogens (tertiary/aromatic N) is 3. The van der Waals surface area contributed by atoms with Gasteiger partial charge in [-0.3, -0.25) is 0 Å². The number of thiazole rings is 1. The quantitative estimate of drug-likeness (QED) is 0.782. The molecule has 0 aliphatic rings. The van der Waals surface area contributed by atoms with Crippen LogP contribution in [-0.4, -0.2) is 15.0 Å². The second-order valence-corrected chi connectivity index (χ2v) is 4.89. The van der Waals surface area contributed by atoms with E-state index in [-0.39, 0.29) is 0 Å². The highest BCUT2D eigenvalue weighted by Gasteiger charge is 2.04. The van der Waals surface area contributed by atoms with E-state index >= 15 is 0 Å². The zero-order valence-electron chi connectivity index (χ0n) is 9.92. The van der Waals surface area contributed by atoms with Gasteiger partial charge in [0.25, 0.3) is 0 Å². The van der Waals surface area contributed by atoms with Gasteiger partial charge < -0.3 is 5.32 Å². The van der Waals surface area contributed by atoms with Gasteiger partial charge >= 0.3 is 0 Å². The fraction of sp³-hybridized carbons (Fsp3) is 0.154. The second-order valence-electron chi connectivity index (χ2n) is 3.95. The van der Waals surface area contributed by atoms with Crippen LogP contribution < -0.4 is 5.32 Å². The number of aromatic nitrogens is 3. The van der Waals surface area contributed by atoms with Gasteiger partial charge in [-0.15, -0.1) is 11.3 Å². The van der Waals surface area contributed by atoms with Crippen LogP contribution in [0.25, 0.3) is 10.9 Å². The first kappa shape index (κ1) is 11.1. The Morgan fingerprint density at radius 3 is 2.89 bits per heavy atom. The average molecular weight is 256 g/mol. The first-order valence-electron chi connectivity index (χ1n) is 5.67. The van der Waals surface area contributed by atoms with Crippen LogP contribution in [0.5, 0.6) is 0 Å². The van der Waals surface area contributed by atoms with Crippen LogP contribution in [0.1, 0.15) is 10.6 Å². The number of para-hydroxylation sites is 1. The Hall–Kier alpha value is -2.01. The summed E-state index contributed by atoms with van der Waals surface area (Å²) >= 11 is 1.66. The molecule has 3 aromatic rings. The molecule has 0 bridgehead atoms. The minimum absolute atomic E-state index is 0.748. The maximum Gasteiger partial charge on any atom is 0.137 e. The van der Waals surface area contributed by atoms with Crippen molar-refractivity contribution >= 4 is 28.1 Å². The number of rotatable bonds is 3. The number of benzene rings is 1. The number of hydrogen-bond acceptors (Lipinski definition) is 5. The summed E-state index contributed by atoms with van der Waals surface area (Å²) in [7, 11) is 0. The molecule has 0 unspecified atom stereocenters. The van der Waals surface area contributed by atoms with Gasteiger partial charge in [0.05, 0.1) is 23.3 Å². The Morgan fingerprint density at radius 2 is 2.06 bits per heavy atom. The molecule has 0 amide bonds. The second kappa shape index (κ2) is 4.70. The molecule has 5 heteroatoms. The third kappa shape index (κ3) is 2.04. The number of hydrogen-bond donors (Lipinski definition) is 1. The molecular weight excluding hydrogens is 244 g/mol. The van der Waals surface area contributed by atoms with E-state index in [0.717, 1.165) is 29.0 Å². The van der Waals surface area contributed by atoms with Crippen molar-refractivity contribution in [3.63, 3.8) is 0 Å². The minimum atomic E-state index is 0.748. The van der Waals surface area contributed by atoms with Gasteiger partial charge in [-0.05, 0) is 19.1 Å². The monoisotopic (exact) mass is 256 g/mol. The van der Waals surface area contributed by atoms with Crippen molar-refractivity contribution in [3.05, 3.63) is 46.7 Å². The number of anilines is 1. The summed E-state index contributed by atoms with van der Waals surface area (Å²) in [5.74, 6) is 0.869. The molecule has 4 nitrogen and oxygen atoms in total. The molecule has 2 heterocycles. The van der Waals surface area contributed by atoms with Gasteiger partial charge in [0.15, 0.2) is 0 Å². The van der Waals surface area contributed by atoms with E-state index in [2.05, 4.69) is 20.3 Å². The van der Waals surface area contributed by atoms with Gasteiger partial charge in [-0.1, -0.05) is 12.1 Å². The minimum Gasteiger partial charge on any atom is -0.364 e. The first-order chi connectivity index (χ1) is 8.84. The van der Waals surface area contributed by atoms with Crippen molar-refractivity contribution in [2.45, 2.75) is 13.5 Å². The number of nitrogens with one attached hydrogen (secondary N) is 1. The Morgan fingerprint density at radius 1 is 1.17 bits per heavy atom. The summed E-state index contributed by atoms with van der Waals surface area (Å²) in [6.45, 7) is 2.77. The smallest absolute Gasteiger partial charge is 0.137 e. The topological polar surface area (TPSA) is 50.7 Å². The Labute approximate surface area is 109 Å². The van der Waals surface area contributed by atoms with E-state index in [4.69, 9.17) is 0 Å². The largest absolute Gasteiger partial charge is 0.364 e. The standard InChI is InChI=1S/C13H12N4S/c1-9-12(18-8-17-9)6-14-13-10-4-2-3-5-11(10)15-7-16-13/h2-5,7-8H,6H2,1H3,(H,14,15,16).